The van der Waals surface area contributed by atoms with Crippen molar-refractivity contribution < 1.29 is 28.6 Å². The van der Waals surface area contributed by atoms with Gasteiger partial charge in [-0.05, 0) is 71.3 Å². The fourth-order valence-corrected chi connectivity index (χ4v) is 5.63. The molecule has 2 amide bonds. The minimum atomic E-state index is -0.539. The summed E-state index contributed by atoms with van der Waals surface area (Å²) in [6.07, 6.45) is 1.53. The average molecular weight is 659 g/mol. The summed E-state index contributed by atoms with van der Waals surface area (Å²) in [6, 6.07) is 36.7. The quantitative estimate of drug-likeness (QED) is 0.0757. The van der Waals surface area contributed by atoms with Gasteiger partial charge in [-0.25, -0.2) is 0 Å². The number of hydrogen-bond acceptors (Lipinski definition) is 7. The predicted molar refractivity (Wildman–Crippen MR) is 190 cm³/mol. The summed E-state index contributed by atoms with van der Waals surface area (Å²) in [6.45, 7) is 0. The van der Waals surface area contributed by atoms with Crippen molar-refractivity contribution >= 4 is 41.1 Å². The molecule has 0 aliphatic rings. The third kappa shape index (κ3) is 8.51. The molecule has 0 fully saturated rings. The van der Waals surface area contributed by atoms with E-state index in [0.717, 1.165) is 16.0 Å². The number of nitrogens with one attached hydrogen (secondary N) is 2. The molecule has 0 aromatic heterocycles. The molecule has 0 atom stereocenters. The largest absolute Gasteiger partial charge is 0.493 e. The molecular formula is C39H34N2O6S. The lowest BCUT2D eigenvalue weighted by Crippen LogP contribution is -2.30. The van der Waals surface area contributed by atoms with Crippen molar-refractivity contribution in [1.29, 1.82) is 0 Å². The molecule has 0 aliphatic heterocycles. The van der Waals surface area contributed by atoms with Crippen LogP contribution in [0.25, 0.3) is 17.2 Å². The van der Waals surface area contributed by atoms with Crippen LogP contribution in [0.4, 0.5) is 5.69 Å². The van der Waals surface area contributed by atoms with E-state index in [1.807, 2.05) is 66.7 Å². The van der Waals surface area contributed by atoms with Crippen LogP contribution in [0.15, 0.2) is 132 Å². The van der Waals surface area contributed by atoms with E-state index in [1.54, 1.807) is 54.6 Å². The third-order valence-corrected chi connectivity index (χ3v) is 8.34. The fourth-order valence-electron chi connectivity index (χ4n) is 4.84. The van der Waals surface area contributed by atoms with Crippen LogP contribution in [0.2, 0.25) is 0 Å². The highest BCUT2D eigenvalue weighted by Crippen LogP contribution is 2.38. The lowest BCUT2D eigenvalue weighted by Gasteiger charge is -2.15. The molecule has 0 heterocycles. The number of carbonyl (C=O) groups is 3. The summed E-state index contributed by atoms with van der Waals surface area (Å²) in [5.41, 5.74) is 4.24. The van der Waals surface area contributed by atoms with Gasteiger partial charge in [-0.2, -0.15) is 0 Å². The van der Waals surface area contributed by atoms with Crippen LogP contribution < -0.4 is 24.8 Å². The van der Waals surface area contributed by atoms with Gasteiger partial charge < -0.3 is 24.8 Å². The third-order valence-electron chi connectivity index (χ3n) is 7.32. The molecule has 0 radical (unpaired) electrons. The van der Waals surface area contributed by atoms with Gasteiger partial charge in [0.2, 0.25) is 5.75 Å². The molecule has 0 saturated carbocycles. The summed E-state index contributed by atoms with van der Waals surface area (Å²) >= 11 is 1.41. The number of Topliss-reactive ketones (excluding diaryl/α,β-unsaturated/α-hetero) is 1. The van der Waals surface area contributed by atoms with E-state index in [4.69, 9.17) is 14.2 Å². The first-order chi connectivity index (χ1) is 23.4. The van der Waals surface area contributed by atoms with Gasteiger partial charge in [0.1, 0.15) is 5.70 Å². The molecule has 242 valence electrons. The Hall–Kier alpha value is -5.80. The molecule has 48 heavy (non-hydrogen) atoms. The second-order valence-corrected chi connectivity index (χ2v) is 11.5. The number of benzene rings is 5. The second-order valence-electron chi connectivity index (χ2n) is 10.5. The minimum absolute atomic E-state index is 0.000423. The van der Waals surface area contributed by atoms with Gasteiger partial charge in [0.15, 0.2) is 17.3 Å². The molecule has 8 nitrogen and oxygen atoms in total. The Bertz CT molecular complexity index is 1880. The van der Waals surface area contributed by atoms with Crippen molar-refractivity contribution in [1.82, 2.24) is 5.32 Å². The zero-order valence-electron chi connectivity index (χ0n) is 26.7. The first kappa shape index (κ1) is 33.6. The van der Waals surface area contributed by atoms with Gasteiger partial charge in [-0.3, -0.25) is 14.4 Å². The van der Waals surface area contributed by atoms with Gasteiger partial charge in [0.05, 0.1) is 27.1 Å². The van der Waals surface area contributed by atoms with Gasteiger partial charge in [0, 0.05) is 21.7 Å². The number of thioether (sulfide) groups is 1. The number of ketones is 1. The molecular weight excluding hydrogens is 625 g/mol. The molecule has 5 aromatic carbocycles. The van der Waals surface area contributed by atoms with Gasteiger partial charge >= 0.3 is 0 Å². The fraction of sp³-hybridized carbons (Fsp3) is 0.103. The van der Waals surface area contributed by atoms with Crippen LogP contribution in [-0.4, -0.2) is 44.7 Å². The van der Waals surface area contributed by atoms with E-state index in [2.05, 4.69) is 10.6 Å². The van der Waals surface area contributed by atoms with Crippen molar-refractivity contribution in [2.45, 2.75) is 4.90 Å². The summed E-state index contributed by atoms with van der Waals surface area (Å²) in [7, 11) is 4.49. The smallest absolute Gasteiger partial charge is 0.272 e. The minimum Gasteiger partial charge on any atom is -0.493 e. The lowest BCUT2D eigenvalue weighted by atomic mass is 10.0. The van der Waals surface area contributed by atoms with Crippen LogP contribution in [0.5, 0.6) is 17.2 Å². The Labute approximate surface area is 283 Å². The molecule has 9 heteroatoms. The highest BCUT2D eigenvalue weighted by atomic mass is 32.2. The van der Waals surface area contributed by atoms with Crippen molar-refractivity contribution in [2.24, 2.45) is 0 Å². The van der Waals surface area contributed by atoms with E-state index in [9.17, 15) is 14.4 Å². The van der Waals surface area contributed by atoms with E-state index >= 15 is 0 Å². The SMILES string of the molecule is COc1cc(/C=C(\NC(=O)c2ccccc2)C(=O)Nc2ccc(SCC(=O)c3ccc(-c4ccccc4)cc3)cc2)cc(OC)c1OC. The normalized spacial score (nSPS) is 10.9. The summed E-state index contributed by atoms with van der Waals surface area (Å²) in [5.74, 6) is 0.493. The second kappa shape index (κ2) is 16.2. The predicted octanol–water partition coefficient (Wildman–Crippen LogP) is 7.76. The van der Waals surface area contributed by atoms with Crippen molar-refractivity contribution in [2.75, 3.05) is 32.4 Å². The van der Waals surface area contributed by atoms with Crippen LogP contribution in [0.3, 0.4) is 0 Å². The molecule has 0 saturated heterocycles. The van der Waals surface area contributed by atoms with Crippen molar-refractivity contribution in [3.05, 3.63) is 144 Å². The average Bonchev–Trinajstić information content (AvgIpc) is 3.14. The molecule has 5 rings (SSSR count). The topological polar surface area (TPSA) is 103 Å². The molecule has 0 spiro atoms. The van der Waals surface area contributed by atoms with Crippen LogP contribution >= 0.6 is 11.8 Å². The monoisotopic (exact) mass is 658 g/mol. The summed E-state index contributed by atoms with van der Waals surface area (Å²) < 4.78 is 16.3. The molecule has 5 aromatic rings. The Balaban J connectivity index is 1.28. The molecule has 0 bridgehead atoms. The van der Waals surface area contributed by atoms with Crippen molar-refractivity contribution in [3.63, 3.8) is 0 Å². The van der Waals surface area contributed by atoms with E-state index in [1.165, 1.54) is 39.2 Å². The van der Waals surface area contributed by atoms with Crippen LogP contribution in [-0.2, 0) is 4.79 Å². The van der Waals surface area contributed by atoms with Gasteiger partial charge in [-0.1, -0.05) is 72.8 Å². The molecule has 0 aliphatic carbocycles. The Morgan fingerprint density at radius 2 is 1.25 bits per heavy atom. The first-order valence-electron chi connectivity index (χ1n) is 15.0. The maximum absolute atomic E-state index is 13.6. The number of hydrogen-bond donors (Lipinski definition) is 2. The summed E-state index contributed by atoms with van der Waals surface area (Å²) in [5, 5.41) is 5.58. The molecule has 2 N–H and O–H groups in total. The Morgan fingerprint density at radius 1 is 0.667 bits per heavy atom. The maximum Gasteiger partial charge on any atom is 0.272 e. The number of ether oxygens (including phenoxy) is 3. The highest BCUT2D eigenvalue weighted by molar-refractivity contribution is 8.00. The van der Waals surface area contributed by atoms with Gasteiger partial charge in [-0.15, -0.1) is 11.8 Å². The van der Waals surface area contributed by atoms with E-state index in [-0.39, 0.29) is 17.2 Å². The highest BCUT2D eigenvalue weighted by Gasteiger charge is 2.18. The maximum atomic E-state index is 13.6. The number of methoxy groups -OCH3 is 3. The van der Waals surface area contributed by atoms with Crippen LogP contribution in [0, 0.1) is 0 Å². The van der Waals surface area contributed by atoms with Gasteiger partial charge in [0.25, 0.3) is 11.8 Å². The zero-order chi connectivity index (χ0) is 33.9. The number of amides is 2. The van der Waals surface area contributed by atoms with Crippen molar-refractivity contribution in [3.8, 4) is 28.4 Å². The number of carbonyl (C=O) groups excluding carboxylic acids is 3. The Morgan fingerprint density at radius 3 is 1.83 bits per heavy atom. The first-order valence-corrected chi connectivity index (χ1v) is 16.0. The number of anilines is 1. The van der Waals surface area contributed by atoms with Crippen LogP contribution in [0.1, 0.15) is 26.3 Å². The van der Waals surface area contributed by atoms with E-state index < -0.39 is 11.8 Å². The van der Waals surface area contributed by atoms with E-state index in [0.29, 0.717) is 39.6 Å². The number of rotatable bonds is 13. The zero-order valence-corrected chi connectivity index (χ0v) is 27.5. The lowest BCUT2D eigenvalue weighted by molar-refractivity contribution is -0.113. The summed E-state index contributed by atoms with van der Waals surface area (Å²) in [4.78, 5) is 40.4. The standard InChI is InChI=1S/C39H34N2O6S/c1-45-35-23-26(24-36(46-2)37(35)47-3)22-33(41-38(43)30-12-8-5-9-13-30)39(44)40-31-18-20-32(21-19-31)48-25-34(42)29-16-14-28(15-17-29)27-10-6-4-7-11-27/h4-24H,25H2,1-3H3,(H,40,44)(H,41,43)/b33-22-. The Kier molecular flexibility index (Phi) is 11.3. The molecule has 0 unspecified atom stereocenters.